The van der Waals surface area contributed by atoms with Crippen LogP contribution in [0, 0.1) is 5.92 Å². The van der Waals surface area contributed by atoms with Crippen LogP contribution < -0.4 is 20.1 Å². The van der Waals surface area contributed by atoms with Crippen molar-refractivity contribution in [1.82, 2.24) is 20.4 Å². The Balaban J connectivity index is 1.39. The van der Waals surface area contributed by atoms with Crippen LogP contribution in [0.15, 0.2) is 18.2 Å². The molecule has 0 radical (unpaired) electrons. The quantitative estimate of drug-likeness (QED) is 0.726. The fourth-order valence-corrected chi connectivity index (χ4v) is 4.34. The highest BCUT2D eigenvalue weighted by Crippen LogP contribution is 2.35. The number of aromatic nitrogens is 2. The van der Waals surface area contributed by atoms with E-state index in [1.807, 2.05) is 0 Å². The molecule has 160 valence electrons. The van der Waals surface area contributed by atoms with E-state index in [0.29, 0.717) is 41.2 Å². The molecule has 1 fully saturated rings. The Morgan fingerprint density at radius 1 is 1.27 bits per heavy atom. The van der Waals surface area contributed by atoms with Crippen molar-refractivity contribution in [3.05, 3.63) is 28.2 Å². The number of hydrogen-bond acceptors (Lipinski definition) is 7. The molecule has 1 unspecified atom stereocenters. The van der Waals surface area contributed by atoms with Gasteiger partial charge in [0.15, 0.2) is 11.5 Å². The van der Waals surface area contributed by atoms with Crippen LogP contribution in [0.2, 0.25) is 0 Å². The van der Waals surface area contributed by atoms with E-state index in [1.54, 1.807) is 23.1 Å². The standard InChI is InChI=1S/C20H25N5O4S/c1-12(2)7-8-21-20(27)25-9-3-4-14(25)18-23-24-19(30-18)17(26)22-13-5-6-15-16(10-13)29-11-28-15/h5-6,10,12,14H,3-4,7-9,11H2,1-2H3,(H,21,27)(H,22,26). The molecular formula is C20H25N5O4S. The van der Waals surface area contributed by atoms with Gasteiger partial charge in [-0.15, -0.1) is 10.2 Å². The largest absolute Gasteiger partial charge is 0.454 e. The number of anilines is 1. The van der Waals surface area contributed by atoms with Crippen LogP contribution in [0.25, 0.3) is 0 Å². The van der Waals surface area contributed by atoms with Crippen LogP contribution in [0.5, 0.6) is 11.5 Å². The first-order chi connectivity index (χ1) is 14.5. The third kappa shape index (κ3) is 4.48. The molecule has 2 aromatic rings. The monoisotopic (exact) mass is 431 g/mol. The zero-order valence-corrected chi connectivity index (χ0v) is 17.8. The van der Waals surface area contributed by atoms with E-state index in [2.05, 4.69) is 34.7 Å². The summed E-state index contributed by atoms with van der Waals surface area (Å²) in [6, 6.07) is 4.97. The molecule has 1 atom stereocenters. The molecule has 2 aliphatic rings. The lowest BCUT2D eigenvalue weighted by molar-refractivity contribution is 0.102. The van der Waals surface area contributed by atoms with Gasteiger partial charge in [-0.2, -0.15) is 0 Å². The summed E-state index contributed by atoms with van der Waals surface area (Å²) < 4.78 is 10.6. The second kappa shape index (κ2) is 8.86. The summed E-state index contributed by atoms with van der Waals surface area (Å²) in [7, 11) is 0. The Kier molecular flexibility index (Phi) is 6.03. The normalized spacial score (nSPS) is 17.4. The average Bonchev–Trinajstić information content (AvgIpc) is 3.46. The number of carbonyl (C=O) groups is 2. The number of ether oxygens (including phenoxy) is 2. The molecule has 1 saturated heterocycles. The summed E-state index contributed by atoms with van der Waals surface area (Å²) in [5.74, 6) is 1.44. The lowest BCUT2D eigenvalue weighted by Crippen LogP contribution is -2.40. The van der Waals surface area contributed by atoms with E-state index in [-0.39, 0.29) is 29.8 Å². The van der Waals surface area contributed by atoms with Gasteiger partial charge in [0, 0.05) is 24.8 Å². The summed E-state index contributed by atoms with van der Waals surface area (Å²) in [6.45, 7) is 5.76. The van der Waals surface area contributed by atoms with E-state index >= 15 is 0 Å². The number of hydrogen-bond donors (Lipinski definition) is 2. The van der Waals surface area contributed by atoms with Gasteiger partial charge in [0.25, 0.3) is 5.91 Å². The summed E-state index contributed by atoms with van der Waals surface area (Å²) >= 11 is 1.22. The van der Waals surface area contributed by atoms with Gasteiger partial charge < -0.3 is 25.0 Å². The number of carbonyl (C=O) groups excluding carboxylic acids is 2. The van der Waals surface area contributed by atoms with E-state index in [0.717, 1.165) is 19.3 Å². The van der Waals surface area contributed by atoms with Gasteiger partial charge in [0.1, 0.15) is 5.01 Å². The number of amides is 3. The molecule has 0 saturated carbocycles. The number of likely N-dealkylation sites (tertiary alicyclic amines) is 1. The maximum Gasteiger partial charge on any atom is 0.317 e. The Labute approximate surface area is 178 Å². The van der Waals surface area contributed by atoms with E-state index < -0.39 is 0 Å². The molecular weight excluding hydrogens is 406 g/mol. The lowest BCUT2D eigenvalue weighted by atomic mass is 10.1. The Morgan fingerprint density at radius 3 is 2.93 bits per heavy atom. The smallest absolute Gasteiger partial charge is 0.317 e. The minimum absolute atomic E-state index is 0.0836. The van der Waals surface area contributed by atoms with Crippen LogP contribution in [-0.2, 0) is 0 Å². The fourth-order valence-electron chi connectivity index (χ4n) is 3.46. The van der Waals surface area contributed by atoms with Crippen molar-refractivity contribution in [2.24, 2.45) is 5.92 Å². The first kappa shape index (κ1) is 20.4. The second-order valence-electron chi connectivity index (χ2n) is 7.73. The molecule has 1 aromatic carbocycles. The van der Waals surface area contributed by atoms with Crippen molar-refractivity contribution in [3.8, 4) is 11.5 Å². The number of urea groups is 1. The molecule has 2 aliphatic heterocycles. The van der Waals surface area contributed by atoms with Crippen molar-refractivity contribution >= 4 is 29.0 Å². The van der Waals surface area contributed by atoms with Crippen molar-refractivity contribution in [2.45, 2.75) is 39.2 Å². The van der Waals surface area contributed by atoms with E-state index in [9.17, 15) is 9.59 Å². The Morgan fingerprint density at radius 2 is 2.10 bits per heavy atom. The van der Waals surface area contributed by atoms with Gasteiger partial charge in [-0.25, -0.2) is 4.79 Å². The van der Waals surface area contributed by atoms with Crippen LogP contribution in [0.4, 0.5) is 10.5 Å². The summed E-state index contributed by atoms with van der Waals surface area (Å²) in [4.78, 5) is 26.9. The van der Waals surface area contributed by atoms with Crippen LogP contribution in [0.1, 0.15) is 54.0 Å². The van der Waals surface area contributed by atoms with Gasteiger partial charge in [-0.05, 0) is 37.3 Å². The topological polar surface area (TPSA) is 106 Å². The second-order valence-corrected chi connectivity index (χ2v) is 8.74. The van der Waals surface area contributed by atoms with Crippen LogP contribution >= 0.6 is 11.3 Å². The average molecular weight is 432 g/mol. The predicted molar refractivity (Wildman–Crippen MR) is 112 cm³/mol. The van der Waals surface area contributed by atoms with Crippen LogP contribution in [0.3, 0.4) is 0 Å². The van der Waals surface area contributed by atoms with Crippen molar-refractivity contribution in [2.75, 3.05) is 25.2 Å². The summed E-state index contributed by atoms with van der Waals surface area (Å²) in [5, 5.41) is 15.0. The molecule has 30 heavy (non-hydrogen) atoms. The summed E-state index contributed by atoms with van der Waals surface area (Å²) in [5.41, 5.74) is 0.591. The SMILES string of the molecule is CC(C)CCNC(=O)N1CCCC1c1nnc(C(=O)Nc2ccc3c(c2)OCO3)s1. The molecule has 3 amide bonds. The third-order valence-corrected chi connectivity index (χ3v) is 6.09. The molecule has 0 aliphatic carbocycles. The molecule has 9 nitrogen and oxygen atoms in total. The Bertz CT molecular complexity index is 932. The zero-order valence-electron chi connectivity index (χ0n) is 17.0. The maximum absolute atomic E-state index is 12.6. The number of nitrogens with zero attached hydrogens (tertiary/aromatic N) is 3. The number of benzene rings is 1. The number of fused-ring (bicyclic) bond motifs is 1. The lowest BCUT2D eigenvalue weighted by Gasteiger charge is -2.23. The molecule has 4 rings (SSSR count). The van der Waals surface area contributed by atoms with Crippen molar-refractivity contribution < 1.29 is 19.1 Å². The summed E-state index contributed by atoms with van der Waals surface area (Å²) in [6.07, 6.45) is 2.66. The molecule has 0 bridgehead atoms. The molecule has 10 heteroatoms. The van der Waals surface area contributed by atoms with Gasteiger partial charge in [-0.3, -0.25) is 4.79 Å². The Hall–Kier alpha value is -2.88. The van der Waals surface area contributed by atoms with E-state index in [1.165, 1.54) is 11.3 Å². The highest BCUT2D eigenvalue weighted by atomic mass is 32.1. The van der Waals surface area contributed by atoms with Gasteiger partial charge in [0.05, 0.1) is 6.04 Å². The third-order valence-electron chi connectivity index (χ3n) is 5.06. The molecule has 0 spiro atoms. The number of nitrogens with one attached hydrogen (secondary N) is 2. The van der Waals surface area contributed by atoms with Crippen molar-refractivity contribution in [1.29, 1.82) is 0 Å². The van der Waals surface area contributed by atoms with Gasteiger partial charge in [0.2, 0.25) is 11.8 Å². The predicted octanol–water partition coefficient (Wildman–Crippen LogP) is 3.41. The zero-order chi connectivity index (χ0) is 21.1. The van der Waals surface area contributed by atoms with Gasteiger partial charge in [-0.1, -0.05) is 25.2 Å². The maximum atomic E-state index is 12.6. The molecule has 2 N–H and O–H groups in total. The molecule has 1 aromatic heterocycles. The first-order valence-electron chi connectivity index (χ1n) is 10.1. The highest BCUT2D eigenvalue weighted by Gasteiger charge is 2.33. The minimum atomic E-state index is -0.344. The van der Waals surface area contributed by atoms with Gasteiger partial charge >= 0.3 is 6.03 Å². The van der Waals surface area contributed by atoms with Crippen LogP contribution in [-0.4, -0.2) is 46.9 Å². The highest BCUT2D eigenvalue weighted by molar-refractivity contribution is 7.13. The number of rotatable bonds is 6. The minimum Gasteiger partial charge on any atom is -0.454 e. The van der Waals surface area contributed by atoms with E-state index in [4.69, 9.17) is 9.47 Å². The molecule has 3 heterocycles. The fraction of sp³-hybridized carbons (Fsp3) is 0.500. The van der Waals surface area contributed by atoms with Crippen molar-refractivity contribution in [3.63, 3.8) is 0 Å². The first-order valence-corrected chi connectivity index (χ1v) is 10.9.